The maximum Gasteiger partial charge on any atom is 0.325 e. The summed E-state index contributed by atoms with van der Waals surface area (Å²) in [6.45, 7) is 0. The predicted octanol–water partition coefficient (Wildman–Crippen LogP) is 14.9. The molecule has 0 aliphatic rings. The summed E-state index contributed by atoms with van der Waals surface area (Å²) in [6, 6.07) is 0. The maximum atomic E-state index is 10.8. The minimum absolute atomic E-state index is 0.0600. The largest absolute Gasteiger partial charge is 0.325 e. The van der Waals surface area contributed by atoms with Crippen molar-refractivity contribution >= 4 is 36.6 Å². The lowest BCUT2D eigenvalue weighted by Crippen LogP contribution is -1.88. The summed E-state index contributed by atoms with van der Waals surface area (Å²) in [7, 11) is -3.77. The molecule has 0 unspecified atom stereocenters. The van der Waals surface area contributed by atoms with E-state index in [1.54, 1.807) is 0 Å². The SMILES string of the molecule is O=P(O)(O)CCCCCCCCCCCCCCCCCCCCCCCCCCCCCCCCCCCCCCC(=S)S. The van der Waals surface area contributed by atoms with E-state index in [9.17, 15) is 4.57 Å². The Morgan fingerprint density at radius 1 is 0.356 bits per heavy atom. The van der Waals surface area contributed by atoms with Gasteiger partial charge in [0, 0.05) is 10.4 Å². The Balaban J connectivity index is 3.06. The molecule has 0 atom stereocenters. The minimum Gasteiger partial charge on any atom is -0.324 e. The van der Waals surface area contributed by atoms with Crippen LogP contribution in [0.3, 0.4) is 0 Å². The van der Waals surface area contributed by atoms with E-state index in [0.29, 0.717) is 6.42 Å². The second-order valence-electron chi connectivity index (χ2n) is 14.3. The van der Waals surface area contributed by atoms with Crippen molar-refractivity contribution in [2.75, 3.05) is 6.16 Å². The standard InChI is InChI=1S/C39H79O3PS2/c40-43(41,42)38-36-34-32-30-28-26-24-22-20-18-16-14-12-10-8-6-4-2-1-3-5-7-9-11-13-15-17-19-21-23-25-27-29-31-33-35-37-39(44)45/h1-38H2,(H,44,45)(H2,40,41,42). The van der Waals surface area contributed by atoms with Crippen molar-refractivity contribution in [1.29, 1.82) is 0 Å². The van der Waals surface area contributed by atoms with E-state index >= 15 is 0 Å². The third-order valence-electron chi connectivity index (χ3n) is 9.59. The first kappa shape index (κ1) is 45.6. The molecule has 0 bridgehead atoms. The molecule has 0 aromatic carbocycles. The van der Waals surface area contributed by atoms with Crippen molar-refractivity contribution in [3.8, 4) is 0 Å². The van der Waals surface area contributed by atoms with Crippen LogP contribution in [0.5, 0.6) is 0 Å². The van der Waals surface area contributed by atoms with E-state index in [-0.39, 0.29) is 6.16 Å². The van der Waals surface area contributed by atoms with E-state index in [2.05, 4.69) is 12.6 Å². The van der Waals surface area contributed by atoms with Gasteiger partial charge in [0.25, 0.3) is 0 Å². The molecule has 2 N–H and O–H groups in total. The molecule has 0 aliphatic heterocycles. The summed E-state index contributed by atoms with van der Waals surface area (Å²) < 4.78 is 11.7. The Kier molecular flexibility index (Phi) is 37.9. The van der Waals surface area contributed by atoms with Crippen molar-refractivity contribution in [1.82, 2.24) is 0 Å². The molecule has 270 valence electrons. The molecule has 0 aromatic rings. The van der Waals surface area contributed by atoms with Gasteiger partial charge in [-0.1, -0.05) is 231 Å². The molecule has 45 heavy (non-hydrogen) atoms. The first-order valence-corrected chi connectivity index (χ1v) is 22.8. The van der Waals surface area contributed by atoms with Crippen LogP contribution < -0.4 is 0 Å². The Morgan fingerprint density at radius 3 is 0.667 bits per heavy atom. The van der Waals surface area contributed by atoms with Crippen molar-refractivity contribution < 1.29 is 14.4 Å². The van der Waals surface area contributed by atoms with Gasteiger partial charge in [-0.25, -0.2) is 0 Å². The zero-order valence-corrected chi connectivity index (χ0v) is 32.6. The summed E-state index contributed by atoms with van der Waals surface area (Å²) in [4.78, 5) is 17.7. The molecule has 0 radical (unpaired) electrons. The van der Waals surface area contributed by atoms with Crippen LogP contribution in [0.1, 0.15) is 238 Å². The average Bonchev–Trinajstić information content (AvgIpc) is 2.99. The number of hydrogen-bond acceptors (Lipinski definition) is 2. The third-order valence-corrected chi connectivity index (χ3v) is 10.9. The Morgan fingerprint density at radius 2 is 0.511 bits per heavy atom. The molecule has 3 nitrogen and oxygen atoms in total. The van der Waals surface area contributed by atoms with E-state index < -0.39 is 7.60 Å². The molecule has 0 aromatic heterocycles. The summed E-state index contributed by atoms with van der Waals surface area (Å²) >= 11 is 9.21. The lowest BCUT2D eigenvalue weighted by atomic mass is 10.0. The number of thiol groups is 1. The fraction of sp³-hybridized carbons (Fsp3) is 0.974. The molecule has 0 saturated heterocycles. The highest BCUT2D eigenvalue weighted by Gasteiger charge is 2.10. The van der Waals surface area contributed by atoms with Crippen molar-refractivity contribution in [3.05, 3.63) is 0 Å². The molecule has 0 amide bonds. The molecule has 0 heterocycles. The van der Waals surface area contributed by atoms with Crippen LogP contribution in [0.25, 0.3) is 0 Å². The first-order chi connectivity index (χ1) is 21.9. The van der Waals surface area contributed by atoms with Gasteiger partial charge in [0.05, 0.1) is 0 Å². The zero-order valence-electron chi connectivity index (χ0n) is 30.0. The molecule has 0 aliphatic carbocycles. The average molecular weight is 691 g/mol. The fourth-order valence-corrected chi connectivity index (χ4v) is 7.54. The highest BCUT2D eigenvalue weighted by molar-refractivity contribution is 8.11. The van der Waals surface area contributed by atoms with Gasteiger partial charge in [0.2, 0.25) is 0 Å². The maximum absolute atomic E-state index is 10.8. The summed E-state index contributed by atoms with van der Waals surface area (Å²) in [5.74, 6) is 0. The lowest BCUT2D eigenvalue weighted by molar-refractivity contribution is 0.370. The van der Waals surface area contributed by atoms with Gasteiger partial charge >= 0.3 is 7.60 Å². The highest BCUT2D eigenvalue weighted by Crippen LogP contribution is 2.35. The quantitative estimate of drug-likeness (QED) is 0.0260. The van der Waals surface area contributed by atoms with E-state index in [1.807, 2.05) is 0 Å². The lowest BCUT2D eigenvalue weighted by Gasteiger charge is -2.05. The second-order valence-corrected chi connectivity index (χ2v) is 17.4. The molecule has 0 fully saturated rings. The van der Waals surface area contributed by atoms with Gasteiger partial charge in [-0.2, -0.15) is 0 Å². The van der Waals surface area contributed by atoms with E-state index in [4.69, 9.17) is 22.0 Å². The molecule has 0 saturated carbocycles. The van der Waals surface area contributed by atoms with E-state index in [1.165, 1.54) is 212 Å². The van der Waals surface area contributed by atoms with Gasteiger partial charge in [-0.05, 0) is 19.3 Å². The normalized spacial score (nSPS) is 11.9. The van der Waals surface area contributed by atoms with Crippen LogP contribution in [0.2, 0.25) is 0 Å². The van der Waals surface area contributed by atoms with Crippen LogP contribution in [0.4, 0.5) is 0 Å². The topological polar surface area (TPSA) is 57.5 Å². The molecule has 0 rings (SSSR count). The van der Waals surface area contributed by atoms with Crippen LogP contribution in [0.15, 0.2) is 0 Å². The van der Waals surface area contributed by atoms with Gasteiger partial charge < -0.3 is 9.79 Å². The minimum atomic E-state index is -3.77. The van der Waals surface area contributed by atoms with Gasteiger partial charge in [-0.15, -0.1) is 12.6 Å². The van der Waals surface area contributed by atoms with Crippen molar-refractivity contribution in [3.63, 3.8) is 0 Å². The molecule has 6 heteroatoms. The summed E-state index contributed by atoms with van der Waals surface area (Å²) in [5.41, 5.74) is 0. The Hall–Kier alpha value is 0.590. The number of thiocarbonyl (C=S) groups is 1. The third kappa shape index (κ3) is 44.6. The van der Waals surface area contributed by atoms with Gasteiger partial charge in [0.1, 0.15) is 0 Å². The fourth-order valence-electron chi connectivity index (χ4n) is 6.60. The smallest absolute Gasteiger partial charge is 0.324 e. The molecular weight excluding hydrogens is 612 g/mol. The van der Waals surface area contributed by atoms with Crippen LogP contribution in [-0.4, -0.2) is 20.1 Å². The van der Waals surface area contributed by atoms with Crippen LogP contribution >= 0.6 is 32.4 Å². The number of unbranched alkanes of at least 4 members (excludes halogenated alkanes) is 35. The summed E-state index contributed by atoms with van der Waals surface area (Å²) in [5, 5.41) is 0. The van der Waals surface area contributed by atoms with Crippen molar-refractivity contribution in [2.45, 2.75) is 238 Å². The van der Waals surface area contributed by atoms with Gasteiger partial charge in [0.15, 0.2) is 0 Å². The summed E-state index contributed by atoms with van der Waals surface area (Å²) in [6.07, 6.45) is 50.5. The predicted molar refractivity (Wildman–Crippen MR) is 209 cm³/mol. The molecule has 0 spiro atoms. The number of hydrogen-bond donors (Lipinski definition) is 3. The first-order valence-electron chi connectivity index (χ1n) is 20.2. The molecular formula is C39H79O3PS2. The Bertz CT molecular complexity index is 640. The van der Waals surface area contributed by atoms with Crippen molar-refractivity contribution in [2.24, 2.45) is 0 Å². The monoisotopic (exact) mass is 691 g/mol. The van der Waals surface area contributed by atoms with Crippen LogP contribution in [0, 0.1) is 0 Å². The van der Waals surface area contributed by atoms with Gasteiger partial charge in [-0.3, -0.25) is 4.57 Å². The van der Waals surface area contributed by atoms with E-state index in [0.717, 1.165) is 23.5 Å². The Labute approximate surface area is 293 Å². The number of rotatable bonds is 39. The zero-order chi connectivity index (χ0) is 32.9. The van der Waals surface area contributed by atoms with Crippen LogP contribution in [-0.2, 0) is 4.57 Å². The second kappa shape index (κ2) is 37.4. The highest BCUT2D eigenvalue weighted by atomic mass is 32.1.